The predicted molar refractivity (Wildman–Crippen MR) is 85.0 cm³/mol. The van der Waals surface area contributed by atoms with Gasteiger partial charge in [-0.1, -0.05) is 11.6 Å². The van der Waals surface area contributed by atoms with Crippen molar-refractivity contribution in [3.05, 3.63) is 47.1 Å². The van der Waals surface area contributed by atoms with E-state index in [1.54, 1.807) is 55.3 Å². The smallest absolute Gasteiger partial charge is 0.251 e. The fraction of sp³-hybridized carbons (Fsp3) is 0.267. The summed E-state index contributed by atoms with van der Waals surface area (Å²) in [5.74, 6) is 0.377. The third kappa shape index (κ3) is 3.85. The minimum atomic E-state index is -0.229. The van der Waals surface area contributed by atoms with E-state index in [2.05, 4.69) is 10.4 Å². The van der Waals surface area contributed by atoms with Crippen molar-refractivity contribution >= 4 is 29.2 Å². The van der Waals surface area contributed by atoms with Crippen LogP contribution < -0.4 is 10.2 Å². The van der Waals surface area contributed by atoms with Gasteiger partial charge in [-0.3, -0.25) is 14.3 Å². The summed E-state index contributed by atoms with van der Waals surface area (Å²) in [5.41, 5.74) is 0.511. The number of aromatic nitrogens is 2. The lowest BCUT2D eigenvalue weighted by atomic mass is 10.2. The Labute approximate surface area is 133 Å². The van der Waals surface area contributed by atoms with Crippen LogP contribution in [0.5, 0.6) is 0 Å². The molecule has 0 aliphatic carbocycles. The number of hydrogen-bond donors (Lipinski definition) is 1. The molecule has 0 aliphatic rings. The molecule has 0 fully saturated rings. The Bertz CT molecular complexity index is 666. The van der Waals surface area contributed by atoms with Gasteiger partial charge in [0.1, 0.15) is 5.82 Å². The van der Waals surface area contributed by atoms with Crippen LogP contribution >= 0.6 is 11.6 Å². The molecule has 1 heterocycles. The van der Waals surface area contributed by atoms with Gasteiger partial charge in [-0.25, -0.2) is 0 Å². The van der Waals surface area contributed by atoms with E-state index in [0.717, 1.165) is 0 Å². The number of anilines is 1. The number of aryl methyl sites for hydroxylation is 1. The molecule has 0 aliphatic heterocycles. The molecule has 1 N–H and O–H groups in total. The van der Waals surface area contributed by atoms with Crippen LogP contribution in [0.2, 0.25) is 5.02 Å². The molecule has 116 valence electrons. The number of nitrogens with one attached hydrogen (secondary N) is 1. The Morgan fingerprint density at radius 1 is 1.27 bits per heavy atom. The van der Waals surface area contributed by atoms with Crippen molar-refractivity contribution in [1.29, 1.82) is 0 Å². The molecule has 2 amide bonds. The van der Waals surface area contributed by atoms with E-state index < -0.39 is 0 Å². The summed E-state index contributed by atoms with van der Waals surface area (Å²) >= 11 is 5.77. The van der Waals surface area contributed by atoms with E-state index >= 15 is 0 Å². The molecule has 1 aromatic carbocycles. The van der Waals surface area contributed by atoms with Gasteiger partial charge >= 0.3 is 0 Å². The Hall–Kier alpha value is -2.34. The van der Waals surface area contributed by atoms with Crippen molar-refractivity contribution in [1.82, 2.24) is 15.1 Å². The van der Waals surface area contributed by atoms with Crippen LogP contribution in [0.15, 0.2) is 36.5 Å². The van der Waals surface area contributed by atoms with Crippen LogP contribution in [0, 0.1) is 0 Å². The Balaban J connectivity index is 1.83. The van der Waals surface area contributed by atoms with E-state index in [1.807, 2.05) is 0 Å². The van der Waals surface area contributed by atoms with Crippen LogP contribution in [-0.2, 0) is 11.8 Å². The molecule has 0 bridgehead atoms. The molecule has 0 radical (unpaired) electrons. The van der Waals surface area contributed by atoms with Crippen molar-refractivity contribution in [2.45, 2.75) is 6.42 Å². The lowest BCUT2D eigenvalue weighted by molar-refractivity contribution is -0.118. The first-order chi connectivity index (χ1) is 10.5. The molecule has 0 spiro atoms. The minimum absolute atomic E-state index is 0.0972. The summed E-state index contributed by atoms with van der Waals surface area (Å²) in [6.45, 7) is 0.266. The average molecular weight is 321 g/mol. The van der Waals surface area contributed by atoms with Crippen LogP contribution in [-0.4, -0.2) is 35.2 Å². The molecule has 6 nitrogen and oxygen atoms in total. The van der Waals surface area contributed by atoms with E-state index in [0.29, 0.717) is 16.4 Å². The molecular formula is C15H17ClN4O2. The number of amides is 2. The zero-order valence-electron chi connectivity index (χ0n) is 12.4. The maximum atomic E-state index is 12.1. The number of benzene rings is 1. The first-order valence-electron chi connectivity index (χ1n) is 6.77. The maximum absolute atomic E-state index is 12.1. The van der Waals surface area contributed by atoms with Crippen molar-refractivity contribution < 1.29 is 9.59 Å². The number of nitrogens with zero attached hydrogens (tertiary/aromatic N) is 3. The largest absolute Gasteiger partial charge is 0.352 e. The highest BCUT2D eigenvalue weighted by molar-refractivity contribution is 6.30. The van der Waals surface area contributed by atoms with Gasteiger partial charge in [0.05, 0.1) is 6.20 Å². The molecule has 0 atom stereocenters. The normalized spacial score (nSPS) is 10.3. The molecule has 2 rings (SSSR count). The highest BCUT2D eigenvalue weighted by Gasteiger charge is 2.14. The van der Waals surface area contributed by atoms with Crippen LogP contribution in [0.25, 0.3) is 0 Å². The van der Waals surface area contributed by atoms with Gasteiger partial charge < -0.3 is 10.2 Å². The fourth-order valence-corrected chi connectivity index (χ4v) is 2.10. The average Bonchev–Trinajstić information content (AvgIpc) is 2.93. The molecule has 22 heavy (non-hydrogen) atoms. The first kappa shape index (κ1) is 16.0. The third-order valence-electron chi connectivity index (χ3n) is 3.24. The predicted octanol–water partition coefficient (Wildman–Crippen LogP) is 1.86. The van der Waals surface area contributed by atoms with Crippen molar-refractivity contribution in [2.75, 3.05) is 18.5 Å². The first-order valence-corrected chi connectivity index (χ1v) is 7.15. The highest BCUT2D eigenvalue weighted by atomic mass is 35.5. The zero-order chi connectivity index (χ0) is 16.1. The van der Waals surface area contributed by atoms with Gasteiger partial charge in [-0.2, -0.15) is 5.10 Å². The highest BCUT2D eigenvalue weighted by Crippen LogP contribution is 2.11. The monoisotopic (exact) mass is 320 g/mol. The molecule has 0 unspecified atom stereocenters. The summed E-state index contributed by atoms with van der Waals surface area (Å²) in [5, 5.41) is 7.30. The van der Waals surface area contributed by atoms with E-state index in [4.69, 9.17) is 11.6 Å². The van der Waals surface area contributed by atoms with Gasteiger partial charge in [0.25, 0.3) is 5.91 Å². The molecule has 0 saturated carbocycles. The molecule has 7 heteroatoms. The molecular weight excluding hydrogens is 304 g/mol. The number of hydrogen-bond acceptors (Lipinski definition) is 3. The number of halogens is 1. The Morgan fingerprint density at radius 2 is 1.95 bits per heavy atom. The minimum Gasteiger partial charge on any atom is -0.352 e. The number of carbonyl (C=O) groups is 2. The SMILES string of the molecule is CN(C(=O)CCNC(=O)c1ccc(Cl)cc1)c1ccnn1C. The summed E-state index contributed by atoms with van der Waals surface area (Å²) in [6, 6.07) is 8.34. The van der Waals surface area contributed by atoms with E-state index in [1.165, 1.54) is 4.90 Å². The topological polar surface area (TPSA) is 67.2 Å². The van der Waals surface area contributed by atoms with Gasteiger partial charge in [0.15, 0.2) is 0 Å². The van der Waals surface area contributed by atoms with Crippen LogP contribution in [0.1, 0.15) is 16.8 Å². The summed E-state index contributed by atoms with van der Waals surface area (Å²) in [7, 11) is 3.45. The van der Waals surface area contributed by atoms with E-state index in [-0.39, 0.29) is 24.8 Å². The molecule has 1 aromatic heterocycles. The van der Waals surface area contributed by atoms with Gasteiger partial charge in [0, 0.05) is 43.7 Å². The number of carbonyl (C=O) groups excluding carboxylic acids is 2. The second kappa shape index (κ2) is 7.09. The fourth-order valence-electron chi connectivity index (χ4n) is 1.98. The standard InChI is InChI=1S/C15H17ClN4O2/c1-19(13-7-10-18-20(13)2)14(21)8-9-17-15(22)11-3-5-12(16)6-4-11/h3-7,10H,8-9H2,1-2H3,(H,17,22). The zero-order valence-corrected chi connectivity index (χ0v) is 13.2. The van der Waals surface area contributed by atoms with Crippen molar-refractivity contribution in [3.8, 4) is 0 Å². The van der Waals surface area contributed by atoms with Crippen LogP contribution in [0.3, 0.4) is 0 Å². The van der Waals surface area contributed by atoms with Crippen molar-refractivity contribution in [3.63, 3.8) is 0 Å². The lowest BCUT2D eigenvalue weighted by Gasteiger charge is -2.17. The number of rotatable bonds is 5. The second-order valence-electron chi connectivity index (χ2n) is 4.78. The molecule has 2 aromatic rings. The summed E-state index contributed by atoms with van der Waals surface area (Å²) in [4.78, 5) is 25.5. The van der Waals surface area contributed by atoms with Gasteiger partial charge in [0.2, 0.25) is 5.91 Å². The van der Waals surface area contributed by atoms with Gasteiger partial charge in [-0.15, -0.1) is 0 Å². The summed E-state index contributed by atoms with van der Waals surface area (Å²) in [6.07, 6.45) is 1.84. The quantitative estimate of drug-likeness (QED) is 0.914. The third-order valence-corrected chi connectivity index (χ3v) is 3.50. The Morgan fingerprint density at radius 3 is 2.55 bits per heavy atom. The van der Waals surface area contributed by atoms with Gasteiger partial charge in [-0.05, 0) is 24.3 Å². The summed E-state index contributed by atoms with van der Waals surface area (Å²) < 4.78 is 1.62. The maximum Gasteiger partial charge on any atom is 0.251 e. The Kier molecular flexibility index (Phi) is 5.16. The second-order valence-corrected chi connectivity index (χ2v) is 5.21. The molecule has 0 saturated heterocycles. The van der Waals surface area contributed by atoms with Crippen LogP contribution in [0.4, 0.5) is 5.82 Å². The lowest BCUT2D eigenvalue weighted by Crippen LogP contribution is -2.33. The van der Waals surface area contributed by atoms with Crippen molar-refractivity contribution in [2.24, 2.45) is 7.05 Å². The van der Waals surface area contributed by atoms with E-state index in [9.17, 15) is 9.59 Å².